The first-order valence-electron chi connectivity index (χ1n) is 6.72. The summed E-state index contributed by atoms with van der Waals surface area (Å²) in [5.41, 5.74) is 1.35. The molecule has 19 heavy (non-hydrogen) atoms. The van der Waals surface area contributed by atoms with Crippen LogP contribution in [0.25, 0.3) is 0 Å². The highest BCUT2D eigenvalue weighted by molar-refractivity contribution is 8.14. The van der Waals surface area contributed by atoms with Crippen molar-refractivity contribution in [1.82, 2.24) is 5.32 Å². The molecule has 2 atom stereocenters. The lowest BCUT2D eigenvalue weighted by Gasteiger charge is -2.22. The van der Waals surface area contributed by atoms with Gasteiger partial charge in [-0.2, -0.15) is 0 Å². The van der Waals surface area contributed by atoms with Crippen LogP contribution < -0.4 is 5.32 Å². The fraction of sp³-hybridized carbons (Fsp3) is 0.533. The summed E-state index contributed by atoms with van der Waals surface area (Å²) in [7, 11) is 1.74. The third kappa shape index (κ3) is 3.98. The van der Waals surface area contributed by atoms with E-state index in [0.29, 0.717) is 23.8 Å². The van der Waals surface area contributed by atoms with Crippen LogP contribution in [0.4, 0.5) is 0 Å². The van der Waals surface area contributed by atoms with E-state index in [2.05, 4.69) is 54.5 Å². The number of amidine groups is 1. The van der Waals surface area contributed by atoms with Crippen LogP contribution >= 0.6 is 11.8 Å². The molecule has 0 fully saturated rings. The molecule has 0 amide bonds. The van der Waals surface area contributed by atoms with E-state index < -0.39 is 0 Å². The van der Waals surface area contributed by atoms with E-state index in [1.54, 1.807) is 7.11 Å². The molecule has 0 aromatic heterocycles. The molecule has 0 radical (unpaired) electrons. The summed E-state index contributed by atoms with van der Waals surface area (Å²) < 4.78 is 5.26. The van der Waals surface area contributed by atoms with E-state index in [1.807, 2.05) is 11.8 Å². The molecular weight excluding hydrogens is 256 g/mol. The highest BCUT2D eigenvalue weighted by Crippen LogP contribution is 2.34. The van der Waals surface area contributed by atoms with Crippen LogP contribution in [0.15, 0.2) is 35.3 Å². The lowest BCUT2D eigenvalue weighted by molar-refractivity contribution is 0.156. The summed E-state index contributed by atoms with van der Waals surface area (Å²) in [6, 6.07) is 10.9. The quantitative estimate of drug-likeness (QED) is 0.898. The molecule has 0 spiro atoms. The zero-order valence-electron chi connectivity index (χ0n) is 11.8. The lowest BCUT2D eigenvalue weighted by Crippen LogP contribution is -2.40. The number of thioether (sulfide) groups is 1. The number of aliphatic imine (C=N–C) groups is 1. The number of nitrogens with zero attached hydrogens (tertiary/aromatic N) is 1. The lowest BCUT2D eigenvalue weighted by atomic mass is 10.1. The van der Waals surface area contributed by atoms with Crippen LogP contribution in [0.5, 0.6) is 0 Å². The van der Waals surface area contributed by atoms with Crippen LogP contribution in [0, 0.1) is 5.92 Å². The van der Waals surface area contributed by atoms with Gasteiger partial charge in [0, 0.05) is 7.11 Å². The van der Waals surface area contributed by atoms with Gasteiger partial charge in [0.1, 0.15) is 0 Å². The molecule has 2 rings (SSSR count). The van der Waals surface area contributed by atoms with Gasteiger partial charge in [0.15, 0.2) is 5.17 Å². The van der Waals surface area contributed by atoms with Crippen molar-refractivity contribution in [2.24, 2.45) is 10.9 Å². The molecule has 2 unspecified atom stereocenters. The van der Waals surface area contributed by atoms with Crippen molar-refractivity contribution in [2.45, 2.75) is 25.1 Å². The predicted molar refractivity (Wildman–Crippen MR) is 82.7 cm³/mol. The molecule has 0 bridgehead atoms. The molecule has 1 aliphatic heterocycles. The molecule has 3 nitrogen and oxygen atoms in total. The Balaban J connectivity index is 1.91. The number of rotatable bonds is 5. The highest BCUT2D eigenvalue weighted by Gasteiger charge is 2.24. The van der Waals surface area contributed by atoms with Gasteiger partial charge < -0.3 is 10.1 Å². The Morgan fingerprint density at radius 3 is 2.74 bits per heavy atom. The van der Waals surface area contributed by atoms with E-state index in [1.165, 1.54) is 5.56 Å². The fourth-order valence-corrected chi connectivity index (χ4v) is 3.12. The number of hydrogen-bond donors (Lipinski definition) is 1. The van der Waals surface area contributed by atoms with Crippen LogP contribution in [0.1, 0.15) is 24.7 Å². The van der Waals surface area contributed by atoms with Crippen molar-refractivity contribution in [2.75, 3.05) is 20.3 Å². The van der Waals surface area contributed by atoms with Gasteiger partial charge in [-0.25, -0.2) is 0 Å². The first-order chi connectivity index (χ1) is 9.20. The Morgan fingerprint density at radius 2 is 2.11 bits per heavy atom. The van der Waals surface area contributed by atoms with Crippen molar-refractivity contribution in [3.05, 3.63) is 35.9 Å². The third-order valence-corrected chi connectivity index (χ3v) is 4.46. The second-order valence-electron chi connectivity index (χ2n) is 5.11. The first-order valence-corrected chi connectivity index (χ1v) is 7.60. The number of nitrogens with one attached hydrogen (secondary N) is 1. The van der Waals surface area contributed by atoms with Crippen molar-refractivity contribution in [3.8, 4) is 0 Å². The summed E-state index contributed by atoms with van der Waals surface area (Å²) in [5, 5.41) is 4.99. The average Bonchev–Trinajstić information content (AvgIpc) is 2.88. The summed E-state index contributed by atoms with van der Waals surface area (Å²) in [6.45, 7) is 5.97. The summed E-state index contributed by atoms with van der Waals surface area (Å²) in [5.74, 6) is 0.527. The predicted octanol–water partition coefficient (Wildman–Crippen LogP) is 3.09. The van der Waals surface area contributed by atoms with Crippen molar-refractivity contribution < 1.29 is 4.74 Å². The number of hydrogen-bond acceptors (Lipinski definition) is 4. The highest BCUT2D eigenvalue weighted by atomic mass is 32.2. The SMILES string of the molecule is COCC(NC1=NCC(c2ccccc2)S1)C(C)C. The Kier molecular flexibility index (Phi) is 5.28. The van der Waals surface area contributed by atoms with Gasteiger partial charge in [0.05, 0.1) is 24.4 Å². The zero-order chi connectivity index (χ0) is 13.7. The second-order valence-corrected chi connectivity index (χ2v) is 6.30. The van der Waals surface area contributed by atoms with Gasteiger partial charge in [-0.3, -0.25) is 4.99 Å². The molecule has 1 aromatic carbocycles. The van der Waals surface area contributed by atoms with E-state index in [4.69, 9.17) is 4.74 Å². The average molecular weight is 278 g/mol. The maximum atomic E-state index is 5.26. The molecule has 0 saturated heterocycles. The van der Waals surface area contributed by atoms with Crippen LogP contribution in [-0.2, 0) is 4.74 Å². The van der Waals surface area contributed by atoms with Gasteiger partial charge in [0.2, 0.25) is 0 Å². The van der Waals surface area contributed by atoms with Gasteiger partial charge in [-0.15, -0.1) is 0 Å². The molecule has 0 saturated carbocycles. The van der Waals surface area contributed by atoms with Crippen molar-refractivity contribution >= 4 is 16.9 Å². The Bertz CT molecular complexity index is 419. The first kappa shape index (κ1) is 14.4. The summed E-state index contributed by atoms with van der Waals surface area (Å²) in [6.07, 6.45) is 0. The number of ether oxygens (including phenoxy) is 1. The van der Waals surface area contributed by atoms with Gasteiger partial charge in [0.25, 0.3) is 0 Å². The molecule has 1 aliphatic rings. The minimum absolute atomic E-state index is 0.325. The third-order valence-electron chi connectivity index (χ3n) is 3.29. The maximum absolute atomic E-state index is 5.26. The second kappa shape index (κ2) is 6.96. The van der Waals surface area contributed by atoms with Gasteiger partial charge in [-0.05, 0) is 11.5 Å². The Hall–Kier alpha value is -1.00. The van der Waals surface area contributed by atoms with Crippen molar-refractivity contribution in [3.63, 3.8) is 0 Å². The molecule has 0 aliphatic carbocycles. The van der Waals surface area contributed by atoms with E-state index in [9.17, 15) is 0 Å². The van der Waals surface area contributed by atoms with E-state index >= 15 is 0 Å². The number of benzene rings is 1. The fourth-order valence-electron chi connectivity index (χ4n) is 2.03. The van der Waals surface area contributed by atoms with Crippen LogP contribution in [0.2, 0.25) is 0 Å². The van der Waals surface area contributed by atoms with Crippen LogP contribution in [0.3, 0.4) is 0 Å². The van der Waals surface area contributed by atoms with E-state index in [-0.39, 0.29) is 0 Å². The van der Waals surface area contributed by atoms with Crippen molar-refractivity contribution in [1.29, 1.82) is 0 Å². The standard InChI is InChI=1S/C15H22N2OS/c1-11(2)13(10-18-3)17-15-16-9-14(19-15)12-7-5-4-6-8-12/h4-8,11,13-14H,9-10H2,1-3H3,(H,16,17). The normalized spacial score (nSPS) is 20.4. The monoisotopic (exact) mass is 278 g/mol. The Labute approximate surface area is 119 Å². The van der Waals surface area contributed by atoms with Gasteiger partial charge in [-0.1, -0.05) is 55.9 Å². The van der Waals surface area contributed by atoms with Gasteiger partial charge >= 0.3 is 0 Å². The zero-order valence-corrected chi connectivity index (χ0v) is 12.6. The summed E-state index contributed by atoms with van der Waals surface area (Å²) >= 11 is 1.82. The largest absolute Gasteiger partial charge is 0.383 e. The number of methoxy groups -OCH3 is 1. The molecule has 4 heteroatoms. The molecule has 104 valence electrons. The van der Waals surface area contributed by atoms with E-state index in [0.717, 1.165) is 11.7 Å². The molecule has 1 heterocycles. The smallest absolute Gasteiger partial charge is 0.157 e. The molecule has 1 aromatic rings. The summed E-state index contributed by atoms with van der Waals surface area (Å²) in [4.78, 5) is 4.61. The maximum Gasteiger partial charge on any atom is 0.157 e. The van der Waals surface area contributed by atoms with Crippen LogP contribution in [-0.4, -0.2) is 31.5 Å². The minimum Gasteiger partial charge on any atom is -0.383 e. The molecule has 1 N–H and O–H groups in total. The minimum atomic E-state index is 0.325. The molecular formula is C15H22N2OS. The Morgan fingerprint density at radius 1 is 1.37 bits per heavy atom. The topological polar surface area (TPSA) is 33.6 Å².